The molecule has 0 saturated heterocycles. The minimum absolute atomic E-state index is 0.671. The maximum atomic E-state index is 12.6. The molecule has 3 nitrogen and oxygen atoms in total. The maximum absolute atomic E-state index is 12.6. The Morgan fingerprint density at radius 3 is 1.36 bits per heavy atom. The van der Waals surface area contributed by atoms with Crippen molar-refractivity contribution in [2.45, 2.75) is 0 Å². The summed E-state index contributed by atoms with van der Waals surface area (Å²) in [4.78, 5) is 0. The van der Waals surface area contributed by atoms with Crippen LogP contribution in [0, 0.1) is 0 Å². The summed E-state index contributed by atoms with van der Waals surface area (Å²) in [7, 11) is 0. The molecule has 124 valence electrons. The molecule has 0 atom stereocenters. The van der Waals surface area contributed by atoms with Gasteiger partial charge in [-0.25, -0.2) is 0 Å². The molecular weight excluding hydrogens is 543 g/mol. The molecule has 25 heavy (non-hydrogen) atoms. The van der Waals surface area contributed by atoms with Crippen molar-refractivity contribution in [2.24, 2.45) is 0 Å². The predicted molar refractivity (Wildman–Crippen MR) is 101 cm³/mol. The van der Waals surface area contributed by atoms with Crippen LogP contribution >= 0.6 is 0 Å². The second-order valence-corrected chi connectivity index (χ2v) is 13.9. The molecule has 0 aliphatic carbocycles. The molecule has 0 radical (unpaired) electrons. The van der Waals surface area contributed by atoms with Crippen LogP contribution in [-0.4, -0.2) is 39.9 Å². The van der Waals surface area contributed by atoms with Gasteiger partial charge in [0.05, 0.1) is 0 Å². The Kier molecular flexibility index (Phi) is 5.04. The van der Waals surface area contributed by atoms with E-state index in [9.17, 15) is 6.21 Å². The van der Waals surface area contributed by atoms with E-state index < -0.39 is 39.9 Å². The molecule has 0 bridgehead atoms. The van der Waals surface area contributed by atoms with Crippen LogP contribution < -0.4 is 7.22 Å². The summed E-state index contributed by atoms with van der Waals surface area (Å²) in [6.45, 7) is 0. The predicted octanol–water partition coefficient (Wildman–Crippen LogP) is 2.96. The van der Waals surface area contributed by atoms with E-state index in [1.54, 1.807) is 0 Å². The molecule has 4 aromatic carbocycles. The molecule has 0 fully saturated rings. The minimum atomic E-state index is -3.28. The fraction of sp³-hybridized carbons (Fsp3) is 0. The number of rotatable bonds is 4. The molecule has 0 N–H and O–H groups in total. The van der Waals surface area contributed by atoms with Gasteiger partial charge in [-0.3, -0.25) is 0 Å². The first-order valence-electron chi connectivity index (χ1n) is 7.71. The number of benzene rings is 4. The van der Waals surface area contributed by atoms with Gasteiger partial charge in [0.25, 0.3) is 0 Å². The third-order valence-electron chi connectivity index (χ3n) is 3.95. The first kappa shape index (κ1) is 17.0. The Morgan fingerprint density at radius 1 is 0.520 bits per heavy atom. The van der Waals surface area contributed by atoms with Gasteiger partial charge >= 0.3 is 161 Å². The van der Waals surface area contributed by atoms with Crippen molar-refractivity contribution in [3.05, 3.63) is 84.9 Å². The molecule has 0 spiro atoms. The van der Waals surface area contributed by atoms with E-state index in [1.165, 1.54) is 0 Å². The van der Waals surface area contributed by atoms with Crippen molar-refractivity contribution >= 4 is 68.7 Å². The van der Waals surface area contributed by atoms with Gasteiger partial charge in [0, 0.05) is 0 Å². The van der Waals surface area contributed by atoms with Crippen LogP contribution in [-0.2, 0) is 7.67 Å². The molecule has 0 unspecified atom stereocenters. The van der Waals surface area contributed by atoms with Crippen LogP contribution in [0.3, 0.4) is 0 Å². The Hall–Kier alpha value is -1.46. The fourth-order valence-corrected chi connectivity index (χ4v) is 10.9. The van der Waals surface area contributed by atoms with Crippen LogP contribution in [0.5, 0.6) is 0 Å². The van der Waals surface area contributed by atoms with Crippen LogP contribution in [0.1, 0.15) is 0 Å². The number of fused-ring (bicyclic) bond motifs is 2. The molecule has 0 heterocycles. The second kappa shape index (κ2) is 7.42. The van der Waals surface area contributed by atoms with Crippen LogP contribution in [0.4, 0.5) is 0 Å². The van der Waals surface area contributed by atoms with Gasteiger partial charge < -0.3 is 0 Å². The quantitative estimate of drug-likeness (QED) is 0.363. The van der Waals surface area contributed by atoms with Gasteiger partial charge in [-0.1, -0.05) is 0 Å². The van der Waals surface area contributed by atoms with E-state index >= 15 is 0 Å². The van der Waals surface area contributed by atoms with E-state index in [0.29, 0.717) is 7.22 Å². The normalized spacial score (nSPS) is 11.6. The summed E-state index contributed by atoms with van der Waals surface area (Å²) in [5, 5.41) is 4.21. The van der Waals surface area contributed by atoms with Crippen molar-refractivity contribution in [2.75, 3.05) is 0 Å². The summed E-state index contributed by atoms with van der Waals surface area (Å²) in [6.07, 6.45) is 0. The Morgan fingerprint density at radius 2 is 0.920 bits per heavy atom. The zero-order valence-electron chi connectivity index (χ0n) is 13.1. The van der Waals surface area contributed by atoms with Crippen molar-refractivity contribution in [1.82, 2.24) is 0 Å². The summed E-state index contributed by atoms with van der Waals surface area (Å²) >= 11 is -6.56. The molecule has 0 aromatic heterocycles. The topological polar surface area (TPSA) is 43.4 Å². The first-order valence-corrected chi connectivity index (χ1v) is 13.8. The van der Waals surface area contributed by atoms with Gasteiger partial charge in [0.2, 0.25) is 0 Å². The van der Waals surface area contributed by atoms with Crippen molar-refractivity contribution in [3.8, 4) is 0 Å². The van der Waals surface area contributed by atoms with Crippen molar-refractivity contribution < 1.29 is 7.67 Å². The molecule has 5 heteroatoms. The summed E-state index contributed by atoms with van der Waals surface area (Å²) in [5.74, 6) is 0. The SMILES string of the molecule is O=[Te](O[Te](=O)c1ccc2ccccc2c1)c1ccc2ccccc2c1. The molecular formula is C20H14O3Te2. The molecule has 0 saturated carbocycles. The first-order chi connectivity index (χ1) is 12.2. The zero-order valence-corrected chi connectivity index (χ0v) is 17.8. The molecule has 4 rings (SSSR count). The Bertz CT molecular complexity index is 1030. The second-order valence-electron chi connectivity index (χ2n) is 5.56. The number of hydrogen-bond acceptors (Lipinski definition) is 3. The van der Waals surface area contributed by atoms with Crippen LogP contribution in [0.25, 0.3) is 21.5 Å². The molecule has 4 aromatic rings. The molecule has 0 aliphatic heterocycles. The van der Waals surface area contributed by atoms with E-state index in [1.807, 2.05) is 84.9 Å². The third-order valence-corrected chi connectivity index (χ3v) is 13.0. The van der Waals surface area contributed by atoms with Gasteiger partial charge in [0.15, 0.2) is 0 Å². The average molecular weight is 558 g/mol. The Labute approximate surface area is 160 Å². The van der Waals surface area contributed by atoms with E-state index in [-0.39, 0.29) is 0 Å². The van der Waals surface area contributed by atoms with Crippen molar-refractivity contribution in [1.29, 1.82) is 0 Å². The summed E-state index contributed by atoms with van der Waals surface area (Å²) < 4.78 is 32.1. The molecule has 0 amide bonds. The van der Waals surface area contributed by atoms with E-state index in [4.69, 9.17) is 1.47 Å². The monoisotopic (exact) mass is 562 g/mol. The van der Waals surface area contributed by atoms with Gasteiger partial charge in [-0.2, -0.15) is 0 Å². The zero-order chi connectivity index (χ0) is 17.2. The van der Waals surface area contributed by atoms with Gasteiger partial charge in [0.1, 0.15) is 0 Å². The fourth-order valence-electron chi connectivity index (χ4n) is 2.68. The van der Waals surface area contributed by atoms with E-state index in [0.717, 1.165) is 21.5 Å². The van der Waals surface area contributed by atoms with Crippen molar-refractivity contribution in [3.63, 3.8) is 0 Å². The average Bonchev–Trinajstić information content (AvgIpc) is 2.67. The van der Waals surface area contributed by atoms with Gasteiger partial charge in [-0.15, -0.1) is 0 Å². The summed E-state index contributed by atoms with van der Waals surface area (Å²) in [5.41, 5.74) is 0. The van der Waals surface area contributed by atoms with Gasteiger partial charge in [-0.05, 0) is 0 Å². The summed E-state index contributed by atoms with van der Waals surface area (Å²) in [6, 6.07) is 27.0. The third kappa shape index (κ3) is 3.72. The standard InChI is InChI=1S/C20H14O3Te2/c21-24(19-11-9-15-5-1-3-7-17(15)13-19)23-25(22)20-12-10-16-6-2-4-8-18(16)14-20/h1-14H. The molecule has 0 aliphatic rings. The van der Waals surface area contributed by atoms with E-state index in [2.05, 4.69) is 0 Å². The van der Waals surface area contributed by atoms with Crippen LogP contribution in [0.15, 0.2) is 84.9 Å². The number of hydrogen-bond donors (Lipinski definition) is 0. The Balaban J connectivity index is 1.58. The van der Waals surface area contributed by atoms with Crippen LogP contribution in [0.2, 0.25) is 0 Å².